The lowest BCUT2D eigenvalue weighted by molar-refractivity contribution is -0.127. The topological polar surface area (TPSA) is 17.1 Å². The van der Waals surface area contributed by atoms with Crippen molar-refractivity contribution in [3.8, 4) is 0 Å². The molecule has 3 heteroatoms. The van der Waals surface area contributed by atoms with Gasteiger partial charge in [-0.2, -0.15) is 0 Å². The highest BCUT2D eigenvalue weighted by molar-refractivity contribution is 9.10. The van der Waals surface area contributed by atoms with Gasteiger partial charge in [0.25, 0.3) is 0 Å². The Bertz CT molecular complexity index is 262. The normalized spacial score (nSPS) is 47.2. The summed E-state index contributed by atoms with van der Waals surface area (Å²) >= 11 is 7.06. The zero-order chi connectivity index (χ0) is 9.85. The van der Waals surface area contributed by atoms with Crippen molar-refractivity contribution in [3.63, 3.8) is 0 Å². The van der Waals surface area contributed by atoms with Crippen LogP contribution in [-0.2, 0) is 4.79 Å². The maximum atomic E-state index is 12.1. The first-order valence-electron chi connectivity index (χ1n) is 4.72. The Kier molecular flexibility index (Phi) is 2.20. The van der Waals surface area contributed by atoms with E-state index in [9.17, 15) is 4.79 Å². The molecule has 0 aromatic rings. The second-order valence-electron chi connectivity index (χ2n) is 4.85. The molecule has 2 bridgehead atoms. The van der Waals surface area contributed by atoms with Gasteiger partial charge in [0, 0.05) is 10.7 Å². The van der Waals surface area contributed by atoms with Gasteiger partial charge in [-0.25, -0.2) is 0 Å². The van der Waals surface area contributed by atoms with Crippen molar-refractivity contribution >= 4 is 37.6 Å². The van der Waals surface area contributed by atoms with Crippen molar-refractivity contribution in [1.82, 2.24) is 0 Å². The molecule has 2 saturated carbocycles. The highest BCUT2D eigenvalue weighted by Gasteiger charge is 2.67. The molecule has 0 radical (unpaired) electrons. The molecule has 0 aromatic heterocycles. The van der Waals surface area contributed by atoms with Gasteiger partial charge in [0.1, 0.15) is 0 Å². The molecule has 0 amide bonds. The Labute approximate surface area is 95.9 Å². The van der Waals surface area contributed by atoms with Crippen molar-refractivity contribution in [2.24, 2.45) is 16.7 Å². The quantitative estimate of drug-likeness (QED) is 0.680. The van der Waals surface area contributed by atoms with Crippen molar-refractivity contribution in [1.29, 1.82) is 0 Å². The zero-order valence-electron chi connectivity index (χ0n) is 7.94. The molecule has 3 atom stereocenters. The van der Waals surface area contributed by atoms with Gasteiger partial charge in [-0.05, 0) is 24.2 Å². The standard InChI is InChI=1S/C10H14Br2O/c1-9(2)6-3-4-10(9,5-11)8(13)7(6)12/h6-7H,3-5H2,1-2H3/t6-,7+,10+/m0/s1. The first-order chi connectivity index (χ1) is 5.97. The van der Waals surface area contributed by atoms with Crippen LogP contribution in [0.15, 0.2) is 0 Å². The van der Waals surface area contributed by atoms with E-state index in [0.717, 1.165) is 11.8 Å². The first kappa shape index (κ1) is 10.2. The van der Waals surface area contributed by atoms with E-state index >= 15 is 0 Å². The van der Waals surface area contributed by atoms with E-state index in [4.69, 9.17) is 0 Å². The molecule has 0 spiro atoms. The third-order valence-electron chi connectivity index (χ3n) is 4.35. The van der Waals surface area contributed by atoms with E-state index in [0.29, 0.717) is 11.7 Å². The number of carbonyl (C=O) groups excluding carboxylic acids is 1. The first-order valence-corrected chi connectivity index (χ1v) is 6.75. The summed E-state index contributed by atoms with van der Waals surface area (Å²) in [7, 11) is 0. The maximum Gasteiger partial charge on any atom is 0.154 e. The summed E-state index contributed by atoms with van der Waals surface area (Å²) in [6.45, 7) is 4.48. The summed E-state index contributed by atoms with van der Waals surface area (Å²) in [6.07, 6.45) is 2.26. The molecule has 2 aliphatic carbocycles. The number of rotatable bonds is 1. The van der Waals surface area contributed by atoms with Crippen LogP contribution in [0, 0.1) is 16.7 Å². The van der Waals surface area contributed by atoms with Crippen LogP contribution < -0.4 is 0 Å². The number of carbonyl (C=O) groups is 1. The van der Waals surface area contributed by atoms with E-state index in [1.807, 2.05) is 0 Å². The molecule has 13 heavy (non-hydrogen) atoms. The molecule has 0 saturated heterocycles. The molecule has 1 nitrogen and oxygen atoms in total. The fourth-order valence-corrected chi connectivity index (χ4v) is 5.79. The van der Waals surface area contributed by atoms with E-state index in [2.05, 4.69) is 45.7 Å². The number of hydrogen-bond acceptors (Lipinski definition) is 1. The molecule has 2 rings (SSSR count). The Morgan fingerprint density at radius 2 is 2.15 bits per heavy atom. The summed E-state index contributed by atoms with van der Waals surface area (Å²) in [5.41, 5.74) is 0.0770. The average molecular weight is 310 g/mol. The van der Waals surface area contributed by atoms with Gasteiger partial charge in [0.2, 0.25) is 0 Å². The van der Waals surface area contributed by atoms with Gasteiger partial charge in [-0.1, -0.05) is 45.7 Å². The van der Waals surface area contributed by atoms with E-state index in [1.54, 1.807) is 0 Å². The van der Waals surface area contributed by atoms with Gasteiger partial charge in [0.15, 0.2) is 5.78 Å². The molecular weight excluding hydrogens is 296 g/mol. The number of halogens is 2. The lowest BCUT2D eigenvalue weighted by Gasteiger charge is -2.34. The van der Waals surface area contributed by atoms with Crippen molar-refractivity contribution in [2.45, 2.75) is 31.5 Å². The van der Waals surface area contributed by atoms with Crippen LogP contribution in [0.2, 0.25) is 0 Å². The zero-order valence-corrected chi connectivity index (χ0v) is 11.1. The van der Waals surface area contributed by atoms with Crippen LogP contribution in [-0.4, -0.2) is 15.9 Å². The molecule has 74 valence electrons. The summed E-state index contributed by atoms with van der Waals surface area (Å²) in [4.78, 5) is 12.2. The highest BCUT2D eigenvalue weighted by atomic mass is 79.9. The SMILES string of the molecule is CC1(C)[C@H]2CC[C@@]1(CBr)C(=O)[C@@H]2Br. The maximum absolute atomic E-state index is 12.1. The Morgan fingerprint density at radius 3 is 2.46 bits per heavy atom. The van der Waals surface area contributed by atoms with Crippen molar-refractivity contribution < 1.29 is 4.79 Å². The van der Waals surface area contributed by atoms with Crippen molar-refractivity contribution in [3.05, 3.63) is 0 Å². The monoisotopic (exact) mass is 308 g/mol. The Balaban J connectivity index is 2.50. The van der Waals surface area contributed by atoms with Gasteiger partial charge in [0.05, 0.1) is 4.83 Å². The third kappa shape index (κ3) is 0.956. The Morgan fingerprint density at radius 1 is 1.54 bits per heavy atom. The number of alkyl halides is 2. The number of Topliss-reactive ketones (excluding diaryl/α,β-unsaturated/α-hetero) is 1. The molecular formula is C10H14Br2O. The van der Waals surface area contributed by atoms with Gasteiger partial charge in [-0.3, -0.25) is 4.79 Å². The van der Waals surface area contributed by atoms with E-state index < -0.39 is 0 Å². The minimum atomic E-state index is -0.0914. The lowest BCUT2D eigenvalue weighted by Crippen LogP contribution is -2.38. The molecule has 2 fully saturated rings. The van der Waals surface area contributed by atoms with Crippen molar-refractivity contribution in [2.75, 3.05) is 5.33 Å². The minimum Gasteiger partial charge on any atom is -0.298 e. The van der Waals surface area contributed by atoms with Crippen LogP contribution >= 0.6 is 31.9 Å². The molecule has 2 aliphatic rings. The number of hydrogen-bond donors (Lipinski definition) is 0. The van der Waals surface area contributed by atoms with Crippen LogP contribution in [0.5, 0.6) is 0 Å². The summed E-state index contributed by atoms with van der Waals surface area (Å²) < 4.78 is 0. The molecule has 0 aliphatic heterocycles. The van der Waals surface area contributed by atoms with E-state index in [-0.39, 0.29) is 15.7 Å². The average Bonchev–Trinajstić information content (AvgIpc) is 2.41. The second-order valence-corrected chi connectivity index (χ2v) is 6.40. The summed E-state index contributed by atoms with van der Waals surface area (Å²) in [5, 5.41) is 0.824. The second kappa shape index (κ2) is 2.82. The van der Waals surface area contributed by atoms with E-state index in [1.165, 1.54) is 6.42 Å². The van der Waals surface area contributed by atoms with Crippen LogP contribution in [0.25, 0.3) is 0 Å². The molecule has 0 N–H and O–H groups in total. The third-order valence-corrected chi connectivity index (χ3v) is 6.36. The summed E-state index contributed by atoms with van der Waals surface area (Å²) in [6, 6.07) is 0. The molecule has 0 unspecified atom stereocenters. The molecule has 0 aromatic carbocycles. The predicted molar refractivity (Wildman–Crippen MR) is 60.5 cm³/mol. The fraction of sp³-hybridized carbons (Fsp3) is 0.900. The number of ketones is 1. The highest BCUT2D eigenvalue weighted by Crippen LogP contribution is 2.65. The summed E-state index contributed by atoms with van der Waals surface area (Å²) in [5.74, 6) is 0.961. The fourth-order valence-electron chi connectivity index (χ4n) is 3.14. The minimum absolute atomic E-state index is 0.0914. The predicted octanol–water partition coefficient (Wildman–Crippen LogP) is 3.15. The van der Waals surface area contributed by atoms with Crippen LogP contribution in [0.3, 0.4) is 0 Å². The van der Waals surface area contributed by atoms with Gasteiger partial charge in [-0.15, -0.1) is 0 Å². The smallest absolute Gasteiger partial charge is 0.154 e. The Hall–Kier alpha value is 0.630. The van der Waals surface area contributed by atoms with Crippen LogP contribution in [0.1, 0.15) is 26.7 Å². The lowest BCUT2D eigenvalue weighted by atomic mass is 9.70. The number of fused-ring (bicyclic) bond motifs is 2. The molecule has 0 heterocycles. The van der Waals surface area contributed by atoms with Gasteiger partial charge < -0.3 is 0 Å². The van der Waals surface area contributed by atoms with Crippen LogP contribution in [0.4, 0.5) is 0 Å². The van der Waals surface area contributed by atoms with Gasteiger partial charge >= 0.3 is 0 Å². The largest absolute Gasteiger partial charge is 0.298 e.